The summed E-state index contributed by atoms with van der Waals surface area (Å²) in [5, 5.41) is 16.3. The molecule has 4 nitrogen and oxygen atoms in total. The lowest BCUT2D eigenvalue weighted by molar-refractivity contribution is 0.720. The molecule has 0 aliphatic heterocycles. The van der Waals surface area contributed by atoms with Gasteiger partial charge in [0.1, 0.15) is 6.07 Å². The number of hydrogen-bond acceptors (Lipinski definition) is 3. The van der Waals surface area contributed by atoms with E-state index in [-0.39, 0.29) is 0 Å². The number of anilines is 1. The first-order valence-corrected chi connectivity index (χ1v) is 5.90. The summed E-state index contributed by atoms with van der Waals surface area (Å²) in [6.45, 7) is 0.646. The highest BCUT2D eigenvalue weighted by atomic mass is 79.9. The van der Waals surface area contributed by atoms with Gasteiger partial charge in [0.15, 0.2) is 0 Å². The zero-order chi connectivity index (χ0) is 12.3. The molecule has 0 unspecified atom stereocenters. The second kappa shape index (κ2) is 5.02. The van der Waals surface area contributed by atoms with E-state index >= 15 is 0 Å². The summed E-state index contributed by atoms with van der Waals surface area (Å²) in [7, 11) is 1.89. The van der Waals surface area contributed by atoms with Crippen molar-refractivity contribution in [2.24, 2.45) is 7.05 Å². The largest absolute Gasteiger partial charge is 0.378 e. The molecular weight excluding hydrogens is 280 g/mol. The predicted molar refractivity (Wildman–Crippen MR) is 69.4 cm³/mol. The fourth-order valence-corrected chi connectivity index (χ4v) is 1.88. The third kappa shape index (κ3) is 2.66. The Labute approximate surface area is 108 Å². The summed E-state index contributed by atoms with van der Waals surface area (Å²) < 4.78 is 2.71. The molecule has 1 heterocycles. The van der Waals surface area contributed by atoms with Gasteiger partial charge in [-0.15, -0.1) is 0 Å². The molecule has 0 spiro atoms. The minimum Gasteiger partial charge on any atom is -0.378 e. The van der Waals surface area contributed by atoms with Crippen molar-refractivity contribution in [2.75, 3.05) is 5.32 Å². The molecule has 2 aromatic rings. The molecule has 0 amide bonds. The van der Waals surface area contributed by atoms with Crippen LogP contribution in [0.3, 0.4) is 0 Å². The molecule has 1 aromatic heterocycles. The van der Waals surface area contributed by atoms with Crippen molar-refractivity contribution in [3.05, 3.63) is 46.2 Å². The van der Waals surface area contributed by atoms with Crippen LogP contribution in [-0.2, 0) is 13.6 Å². The normalized spacial score (nSPS) is 9.94. The number of nitrogens with zero attached hydrogens (tertiary/aromatic N) is 3. The molecule has 0 radical (unpaired) electrons. The smallest absolute Gasteiger partial charge is 0.101 e. The molecule has 1 N–H and O–H groups in total. The van der Waals surface area contributed by atoms with E-state index in [1.807, 2.05) is 25.2 Å². The molecule has 0 saturated carbocycles. The number of hydrogen-bond donors (Lipinski definition) is 1. The SMILES string of the molecule is Cn1nccc1CNc1ccc(Br)cc1C#N. The Morgan fingerprint density at radius 1 is 1.47 bits per heavy atom. The van der Waals surface area contributed by atoms with Gasteiger partial charge in [0, 0.05) is 17.7 Å². The van der Waals surface area contributed by atoms with E-state index in [9.17, 15) is 0 Å². The van der Waals surface area contributed by atoms with Crippen LogP contribution in [0.25, 0.3) is 0 Å². The molecule has 5 heteroatoms. The summed E-state index contributed by atoms with van der Waals surface area (Å²) in [4.78, 5) is 0. The Morgan fingerprint density at radius 3 is 2.94 bits per heavy atom. The Hall–Kier alpha value is -1.80. The van der Waals surface area contributed by atoms with E-state index in [1.54, 1.807) is 16.9 Å². The van der Waals surface area contributed by atoms with Crippen LogP contribution >= 0.6 is 15.9 Å². The van der Waals surface area contributed by atoms with Crippen LogP contribution < -0.4 is 5.32 Å². The quantitative estimate of drug-likeness (QED) is 0.946. The van der Waals surface area contributed by atoms with Crippen molar-refractivity contribution in [2.45, 2.75) is 6.54 Å². The van der Waals surface area contributed by atoms with Crippen LogP contribution in [0.1, 0.15) is 11.3 Å². The third-order valence-electron chi connectivity index (χ3n) is 2.48. The van der Waals surface area contributed by atoms with E-state index in [1.165, 1.54) is 0 Å². The molecule has 0 bridgehead atoms. The summed E-state index contributed by atoms with van der Waals surface area (Å²) in [5.41, 5.74) is 2.52. The highest BCUT2D eigenvalue weighted by molar-refractivity contribution is 9.10. The minimum absolute atomic E-state index is 0.626. The maximum Gasteiger partial charge on any atom is 0.101 e. The van der Waals surface area contributed by atoms with Gasteiger partial charge in [-0.1, -0.05) is 15.9 Å². The molecule has 0 fully saturated rings. The molecule has 0 saturated heterocycles. The van der Waals surface area contributed by atoms with E-state index in [0.717, 1.165) is 15.9 Å². The van der Waals surface area contributed by atoms with Crippen LogP contribution in [0.4, 0.5) is 5.69 Å². The van der Waals surface area contributed by atoms with E-state index in [0.29, 0.717) is 12.1 Å². The van der Waals surface area contributed by atoms with Crippen molar-refractivity contribution in [3.63, 3.8) is 0 Å². The van der Waals surface area contributed by atoms with Crippen molar-refractivity contribution >= 4 is 21.6 Å². The molecule has 0 aliphatic carbocycles. The van der Waals surface area contributed by atoms with Crippen LogP contribution in [0.2, 0.25) is 0 Å². The Balaban J connectivity index is 2.15. The highest BCUT2D eigenvalue weighted by Gasteiger charge is 2.03. The van der Waals surface area contributed by atoms with E-state index in [2.05, 4.69) is 32.4 Å². The van der Waals surface area contributed by atoms with Crippen molar-refractivity contribution in [1.29, 1.82) is 5.26 Å². The first-order chi connectivity index (χ1) is 8.20. The van der Waals surface area contributed by atoms with Crippen molar-refractivity contribution in [1.82, 2.24) is 9.78 Å². The minimum atomic E-state index is 0.626. The number of rotatable bonds is 3. The van der Waals surface area contributed by atoms with Gasteiger partial charge in [0.25, 0.3) is 0 Å². The summed E-state index contributed by atoms with van der Waals surface area (Å²) in [6.07, 6.45) is 1.75. The number of halogens is 1. The zero-order valence-corrected chi connectivity index (χ0v) is 10.9. The summed E-state index contributed by atoms with van der Waals surface area (Å²) in [6, 6.07) is 9.70. The lowest BCUT2D eigenvalue weighted by Crippen LogP contribution is -2.06. The number of aromatic nitrogens is 2. The predicted octanol–water partition coefficient (Wildman–Crippen LogP) is 2.67. The number of aryl methyl sites for hydroxylation is 1. The Kier molecular flexibility index (Phi) is 3.45. The molecule has 86 valence electrons. The van der Waals surface area contributed by atoms with Crippen molar-refractivity contribution < 1.29 is 0 Å². The summed E-state index contributed by atoms with van der Waals surface area (Å²) >= 11 is 3.35. The van der Waals surface area contributed by atoms with Crippen LogP contribution in [-0.4, -0.2) is 9.78 Å². The average Bonchev–Trinajstić information content (AvgIpc) is 2.73. The van der Waals surface area contributed by atoms with Gasteiger partial charge in [-0.2, -0.15) is 10.4 Å². The lowest BCUT2D eigenvalue weighted by Gasteiger charge is -2.08. The molecular formula is C12H11BrN4. The fraction of sp³-hybridized carbons (Fsp3) is 0.167. The lowest BCUT2D eigenvalue weighted by atomic mass is 10.2. The third-order valence-corrected chi connectivity index (χ3v) is 2.98. The average molecular weight is 291 g/mol. The topological polar surface area (TPSA) is 53.6 Å². The van der Waals surface area contributed by atoms with Crippen LogP contribution in [0.15, 0.2) is 34.9 Å². The van der Waals surface area contributed by atoms with Crippen LogP contribution in [0.5, 0.6) is 0 Å². The molecule has 1 aromatic carbocycles. The Bertz CT molecular complexity index is 568. The van der Waals surface area contributed by atoms with Gasteiger partial charge in [-0.3, -0.25) is 4.68 Å². The van der Waals surface area contributed by atoms with Gasteiger partial charge in [-0.25, -0.2) is 0 Å². The van der Waals surface area contributed by atoms with Crippen LogP contribution in [0, 0.1) is 11.3 Å². The number of benzene rings is 1. The van der Waals surface area contributed by atoms with E-state index < -0.39 is 0 Å². The van der Waals surface area contributed by atoms with E-state index in [4.69, 9.17) is 5.26 Å². The van der Waals surface area contributed by atoms with Crippen molar-refractivity contribution in [3.8, 4) is 6.07 Å². The van der Waals surface area contributed by atoms with Gasteiger partial charge >= 0.3 is 0 Å². The standard InChI is InChI=1S/C12H11BrN4/c1-17-11(4-5-16-17)8-15-12-3-2-10(13)6-9(12)7-14/h2-6,15H,8H2,1H3. The second-order valence-corrected chi connectivity index (χ2v) is 4.52. The zero-order valence-electron chi connectivity index (χ0n) is 9.31. The monoisotopic (exact) mass is 290 g/mol. The first kappa shape index (κ1) is 11.7. The highest BCUT2D eigenvalue weighted by Crippen LogP contribution is 2.20. The fourth-order valence-electron chi connectivity index (χ4n) is 1.52. The van der Waals surface area contributed by atoms with Gasteiger partial charge in [0.2, 0.25) is 0 Å². The Morgan fingerprint density at radius 2 is 2.29 bits per heavy atom. The summed E-state index contributed by atoms with van der Waals surface area (Å²) in [5.74, 6) is 0. The molecule has 17 heavy (non-hydrogen) atoms. The number of nitrogens with one attached hydrogen (secondary N) is 1. The van der Waals surface area contributed by atoms with Gasteiger partial charge < -0.3 is 5.32 Å². The molecule has 0 aliphatic rings. The van der Waals surface area contributed by atoms with Gasteiger partial charge in [-0.05, 0) is 24.3 Å². The first-order valence-electron chi connectivity index (χ1n) is 5.11. The maximum absolute atomic E-state index is 9.03. The number of nitriles is 1. The molecule has 2 rings (SSSR count). The second-order valence-electron chi connectivity index (χ2n) is 3.60. The van der Waals surface area contributed by atoms with Gasteiger partial charge in [0.05, 0.1) is 23.5 Å². The maximum atomic E-state index is 9.03. The molecule has 0 atom stereocenters.